The number of amides is 1. The van der Waals surface area contributed by atoms with Crippen molar-refractivity contribution in [2.24, 2.45) is 0 Å². The van der Waals surface area contributed by atoms with Crippen LogP contribution in [-0.4, -0.2) is 10.8 Å². The van der Waals surface area contributed by atoms with Gasteiger partial charge in [0, 0.05) is 11.6 Å². The number of nitrogens with zero attached hydrogens (tertiary/aromatic N) is 3. The second-order valence-corrected chi connectivity index (χ2v) is 4.72. The summed E-state index contributed by atoms with van der Waals surface area (Å²) in [4.78, 5) is 22.6. The molecule has 0 spiro atoms. The van der Waals surface area contributed by atoms with E-state index in [4.69, 9.17) is 10.5 Å². The molecule has 0 saturated carbocycles. The van der Waals surface area contributed by atoms with Crippen LogP contribution in [0.5, 0.6) is 0 Å². The third kappa shape index (κ3) is 3.31. The molecule has 23 heavy (non-hydrogen) atoms. The number of hydrogen-bond donors (Lipinski definition) is 1. The Morgan fingerprint density at radius 3 is 2.39 bits per heavy atom. The van der Waals surface area contributed by atoms with E-state index in [9.17, 15) is 14.9 Å². The Hall–Kier alpha value is -3.71. The minimum Gasteiger partial charge on any atom is -0.316 e. The van der Waals surface area contributed by atoms with Crippen LogP contribution < -0.4 is 5.32 Å². The lowest BCUT2D eigenvalue weighted by molar-refractivity contribution is -0.383. The SMILES string of the molecule is Cc1cccc(C(=O)Nc2cc(C#N)c(C#N)cc2[N+](=O)[O-])c1. The van der Waals surface area contributed by atoms with Crippen LogP contribution in [-0.2, 0) is 0 Å². The van der Waals surface area contributed by atoms with E-state index in [-0.39, 0.29) is 16.8 Å². The first kappa shape index (κ1) is 15.7. The zero-order valence-corrected chi connectivity index (χ0v) is 12.0. The molecule has 0 atom stereocenters. The zero-order valence-electron chi connectivity index (χ0n) is 12.0. The quantitative estimate of drug-likeness (QED) is 0.690. The van der Waals surface area contributed by atoms with E-state index in [1.165, 1.54) is 0 Å². The van der Waals surface area contributed by atoms with Gasteiger partial charge in [-0.1, -0.05) is 17.7 Å². The number of nitriles is 2. The van der Waals surface area contributed by atoms with E-state index in [0.717, 1.165) is 17.7 Å². The molecular formula is C16H10N4O3. The van der Waals surface area contributed by atoms with Crippen molar-refractivity contribution in [3.05, 3.63) is 68.8 Å². The Kier molecular flexibility index (Phi) is 4.34. The molecule has 7 heteroatoms. The van der Waals surface area contributed by atoms with Gasteiger partial charge in [-0.15, -0.1) is 0 Å². The molecule has 0 aliphatic carbocycles. The number of benzene rings is 2. The molecule has 1 N–H and O–H groups in total. The summed E-state index contributed by atoms with van der Waals surface area (Å²) >= 11 is 0. The lowest BCUT2D eigenvalue weighted by atomic mass is 10.1. The Balaban J connectivity index is 2.47. The van der Waals surface area contributed by atoms with Crippen molar-refractivity contribution in [3.63, 3.8) is 0 Å². The van der Waals surface area contributed by atoms with Gasteiger partial charge in [-0.25, -0.2) is 0 Å². The van der Waals surface area contributed by atoms with Crippen LogP contribution in [0.2, 0.25) is 0 Å². The molecular weight excluding hydrogens is 296 g/mol. The summed E-state index contributed by atoms with van der Waals surface area (Å²) in [5.74, 6) is -0.537. The van der Waals surface area contributed by atoms with E-state index in [0.29, 0.717) is 5.56 Å². The number of anilines is 1. The second kappa shape index (κ2) is 6.37. The van der Waals surface area contributed by atoms with Crippen LogP contribution in [0.15, 0.2) is 36.4 Å². The highest BCUT2D eigenvalue weighted by Crippen LogP contribution is 2.28. The van der Waals surface area contributed by atoms with Gasteiger partial charge in [-0.3, -0.25) is 14.9 Å². The zero-order chi connectivity index (χ0) is 17.0. The second-order valence-electron chi connectivity index (χ2n) is 4.72. The minimum atomic E-state index is -0.714. The third-order valence-corrected chi connectivity index (χ3v) is 3.10. The molecule has 2 rings (SSSR count). The summed E-state index contributed by atoms with van der Waals surface area (Å²) in [6, 6.07) is 12.3. The number of nitro benzene ring substituents is 1. The molecule has 2 aromatic carbocycles. The van der Waals surface area contributed by atoms with Crippen LogP contribution in [0.4, 0.5) is 11.4 Å². The number of nitrogens with one attached hydrogen (secondary N) is 1. The largest absolute Gasteiger partial charge is 0.316 e. The summed E-state index contributed by atoms with van der Waals surface area (Å²) in [5, 5.41) is 31.5. The topological polar surface area (TPSA) is 120 Å². The van der Waals surface area contributed by atoms with Gasteiger partial charge in [0.15, 0.2) is 0 Å². The molecule has 2 aromatic rings. The number of hydrogen-bond acceptors (Lipinski definition) is 5. The highest BCUT2D eigenvalue weighted by molar-refractivity contribution is 6.05. The van der Waals surface area contributed by atoms with E-state index in [1.807, 2.05) is 13.0 Å². The molecule has 0 unspecified atom stereocenters. The third-order valence-electron chi connectivity index (χ3n) is 3.10. The molecule has 0 bridgehead atoms. The van der Waals surface area contributed by atoms with Gasteiger partial charge in [-0.05, 0) is 25.1 Å². The first-order valence-electron chi connectivity index (χ1n) is 6.47. The number of carbonyl (C=O) groups is 1. The lowest BCUT2D eigenvalue weighted by Gasteiger charge is -2.08. The van der Waals surface area contributed by atoms with Crippen molar-refractivity contribution in [3.8, 4) is 12.1 Å². The van der Waals surface area contributed by atoms with Gasteiger partial charge in [0.1, 0.15) is 17.8 Å². The van der Waals surface area contributed by atoms with Crippen molar-refractivity contribution in [1.82, 2.24) is 0 Å². The molecule has 0 radical (unpaired) electrons. The smallest absolute Gasteiger partial charge is 0.294 e. The molecule has 0 aromatic heterocycles. The standard InChI is InChI=1S/C16H10N4O3/c1-10-3-2-4-11(5-10)16(21)19-14-6-12(8-17)13(9-18)7-15(14)20(22)23/h2-7H,1H3,(H,19,21). The predicted octanol–water partition coefficient (Wildman–Crippen LogP) is 2.90. The first-order chi connectivity index (χ1) is 11.0. The van der Waals surface area contributed by atoms with Crippen molar-refractivity contribution < 1.29 is 9.72 Å². The molecule has 0 fully saturated rings. The molecule has 7 nitrogen and oxygen atoms in total. The number of nitro groups is 1. The highest BCUT2D eigenvalue weighted by atomic mass is 16.6. The molecule has 0 aliphatic heterocycles. The lowest BCUT2D eigenvalue weighted by Crippen LogP contribution is -2.13. The Morgan fingerprint density at radius 1 is 1.17 bits per heavy atom. The van der Waals surface area contributed by atoms with Crippen LogP contribution in [0.1, 0.15) is 27.0 Å². The van der Waals surface area contributed by atoms with Crippen LogP contribution >= 0.6 is 0 Å². The van der Waals surface area contributed by atoms with E-state index >= 15 is 0 Å². The molecule has 0 heterocycles. The Labute approximate surface area is 131 Å². The van der Waals surface area contributed by atoms with Gasteiger partial charge in [0.25, 0.3) is 11.6 Å². The summed E-state index contributed by atoms with van der Waals surface area (Å²) in [6.07, 6.45) is 0. The number of carbonyl (C=O) groups excluding carboxylic acids is 1. The Bertz CT molecular complexity index is 891. The maximum Gasteiger partial charge on any atom is 0.294 e. The van der Waals surface area contributed by atoms with Gasteiger partial charge >= 0.3 is 0 Å². The Morgan fingerprint density at radius 2 is 1.83 bits per heavy atom. The van der Waals surface area contributed by atoms with Gasteiger partial charge in [-0.2, -0.15) is 10.5 Å². The number of rotatable bonds is 3. The monoisotopic (exact) mass is 306 g/mol. The van der Waals surface area contributed by atoms with Crippen LogP contribution in [0, 0.1) is 39.7 Å². The van der Waals surface area contributed by atoms with Crippen LogP contribution in [0.25, 0.3) is 0 Å². The van der Waals surface area contributed by atoms with E-state index in [2.05, 4.69) is 5.32 Å². The van der Waals surface area contributed by atoms with Gasteiger partial charge in [0.05, 0.1) is 16.1 Å². The average molecular weight is 306 g/mol. The van der Waals surface area contributed by atoms with Crippen LogP contribution in [0.3, 0.4) is 0 Å². The maximum atomic E-state index is 12.2. The van der Waals surface area contributed by atoms with Crippen molar-refractivity contribution in [2.45, 2.75) is 6.92 Å². The summed E-state index contributed by atoms with van der Waals surface area (Å²) in [6.45, 7) is 1.81. The minimum absolute atomic E-state index is 0.0438. The fourth-order valence-corrected chi connectivity index (χ4v) is 2.01. The fraction of sp³-hybridized carbons (Fsp3) is 0.0625. The first-order valence-corrected chi connectivity index (χ1v) is 6.47. The predicted molar refractivity (Wildman–Crippen MR) is 81.7 cm³/mol. The molecule has 0 aliphatic rings. The van der Waals surface area contributed by atoms with E-state index in [1.54, 1.807) is 30.3 Å². The summed E-state index contributed by atoms with van der Waals surface area (Å²) in [5.41, 5.74) is 0.468. The molecule has 1 amide bonds. The molecule has 0 saturated heterocycles. The maximum absolute atomic E-state index is 12.2. The fourth-order valence-electron chi connectivity index (χ4n) is 2.01. The molecule has 112 valence electrons. The van der Waals surface area contributed by atoms with Crippen molar-refractivity contribution >= 4 is 17.3 Å². The van der Waals surface area contributed by atoms with Gasteiger partial charge < -0.3 is 5.32 Å². The summed E-state index contributed by atoms with van der Waals surface area (Å²) in [7, 11) is 0. The summed E-state index contributed by atoms with van der Waals surface area (Å²) < 4.78 is 0. The average Bonchev–Trinajstić information content (AvgIpc) is 2.54. The van der Waals surface area contributed by atoms with Crippen molar-refractivity contribution in [2.75, 3.05) is 5.32 Å². The number of aryl methyl sites for hydroxylation is 1. The highest BCUT2D eigenvalue weighted by Gasteiger charge is 2.20. The normalized spacial score (nSPS) is 9.52. The van der Waals surface area contributed by atoms with Gasteiger partial charge in [0.2, 0.25) is 0 Å². The van der Waals surface area contributed by atoms with Crippen molar-refractivity contribution in [1.29, 1.82) is 10.5 Å². The van der Waals surface area contributed by atoms with E-state index < -0.39 is 16.5 Å².